The number of ether oxygens (including phenoxy) is 1. The van der Waals surface area contributed by atoms with Gasteiger partial charge in [-0.15, -0.1) is 0 Å². The number of carbonyl (C=O) groups excluding carboxylic acids is 1. The second-order valence-corrected chi connectivity index (χ2v) is 12.0. The number of amides is 1. The van der Waals surface area contributed by atoms with Crippen LogP contribution in [0.2, 0.25) is 5.02 Å². The molecule has 44 heavy (non-hydrogen) atoms. The van der Waals surface area contributed by atoms with Crippen molar-refractivity contribution in [1.29, 1.82) is 0 Å². The Morgan fingerprint density at radius 2 is 2.00 bits per heavy atom. The Bertz CT molecular complexity index is 1890. The fourth-order valence-corrected chi connectivity index (χ4v) is 6.72. The van der Waals surface area contributed by atoms with Crippen molar-refractivity contribution in [3.63, 3.8) is 0 Å². The van der Waals surface area contributed by atoms with Crippen LogP contribution in [0.5, 0.6) is 11.5 Å². The Morgan fingerprint density at radius 1 is 1.25 bits per heavy atom. The number of pyridine rings is 1. The molecule has 0 spiro atoms. The van der Waals surface area contributed by atoms with Crippen molar-refractivity contribution in [3.05, 3.63) is 81.8 Å². The summed E-state index contributed by atoms with van der Waals surface area (Å²) >= 11 is 6.98. The first-order valence-corrected chi connectivity index (χ1v) is 15.0. The molecule has 228 valence electrons. The number of anilines is 1. The number of aryl methyl sites for hydroxylation is 1. The standard InChI is InChI=1S/C33H33ClFN5O4/c1-6-23(42)38-16-20-12-14-44-31-25-30(27(35)24(26(31)34)21-9-7-8-10-22(21)41)40(29-18(4)11-13-36-28(29)17(2)3)33(43)37-32(25)39(20)15-19(38)5/h6-11,13,17,19-20,41H,1,12,14-16H2,2-5H3. The number of rotatable bonds is 4. The average Bonchev–Trinajstić information content (AvgIpc) is 2.98. The minimum atomic E-state index is -0.803. The molecule has 2 aromatic heterocycles. The zero-order chi connectivity index (χ0) is 31.4. The van der Waals surface area contributed by atoms with Crippen LogP contribution < -0.4 is 15.3 Å². The molecule has 2 aromatic carbocycles. The Balaban J connectivity index is 1.76. The van der Waals surface area contributed by atoms with Crippen LogP contribution in [0.1, 0.15) is 44.4 Å². The summed E-state index contributed by atoms with van der Waals surface area (Å²) in [7, 11) is 0. The molecule has 0 radical (unpaired) electrons. The highest BCUT2D eigenvalue weighted by atomic mass is 35.5. The molecule has 2 aliphatic heterocycles. The molecule has 11 heteroatoms. The Morgan fingerprint density at radius 3 is 2.70 bits per heavy atom. The Hall–Kier alpha value is -4.44. The number of fused-ring (bicyclic) bond motifs is 2. The third kappa shape index (κ3) is 4.59. The van der Waals surface area contributed by atoms with E-state index in [1.807, 2.05) is 32.6 Å². The molecule has 1 amide bonds. The van der Waals surface area contributed by atoms with E-state index < -0.39 is 11.5 Å². The smallest absolute Gasteiger partial charge is 0.354 e. The predicted octanol–water partition coefficient (Wildman–Crippen LogP) is 5.75. The number of phenolic OH excluding ortho intramolecular Hbond substituents is 1. The van der Waals surface area contributed by atoms with Gasteiger partial charge >= 0.3 is 5.69 Å². The maximum absolute atomic E-state index is 17.3. The van der Waals surface area contributed by atoms with Crippen LogP contribution in [0.25, 0.3) is 27.7 Å². The number of para-hydroxylation sites is 1. The van der Waals surface area contributed by atoms with Crippen LogP contribution >= 0.6 is 11.6 Å². The largest absolute Gasteiger partial charge is 0.507 e. The van der Waals surface area contributed by atoms with Gasteiger partial charge in [0.2, 0.25) is 5.91 Å². The molecule has 1 saturated heterocycles. The molecule has 1 N–H and O–H groups in total. The SMILES string of the molecule is C=CC(=O)N1CC2CCOc3c(Cl)c(-c4ccccc4O)c(F)c4c3c(nc(=O)n4-c3c(C)ccnc3C(C)C)N2CC1C. The minimum absolute atomic E-state index is 0.0382. The van der Waals surface area contributed by atoms with Crippen molar-refractivity contribution >= 4 is 34.2 Å². The number of hydrogen-bond donors (Lipinski definition) is 1. The highest BCUT2D eigenvalue weighted by Gasteiger charge is 2.39. The monoisotopic (exact) mass is 617 g/mol. The highest BCUT2D eigenvalue weighted by Crippen LogP contribution is 2.49. The van der Waals surface area contributed by atoms with E-state index >= 15 is 4.39 Å². The second-order valence-electron chi connectivity index (χ2n) is 11.6. The number of aromatic nitrogens is 3. The summed E-state index contributed by atoms with van der Waals surface area (Å²) in [5.41, 5.74) is 1.03. The lowest BCUT2D eigenvalue weighted by molar-refractivity contribution is -0.129. The number of phenols is 1. The van der Waals surface area contributed by atoms with Gasteiger partial charge < -0.3 is 19.6 Å². The van der Waals surface area contributed by atoms with Gasteiger partial charge in [0, 0.05) is 42.9 Å². The number of carbonyl (C=O) groups is 1. The number of hydrogen-bond acceptors (Lipinski definition) is 7. The van der Waals surface area contributed by atoms with Crippen LogP contribution in [-0.4, -0.2) is 62.2 Å². The van der Waals surface area contributed by atoms with E-state index in [4.69, 9.17) is 16.3 Å². The van der Waals surface area contributed by atoms with Gasteiger partial charge in [-0.3, -0.25) is 14.3 Å². The van der Waals surface area contributed by atoms with Crippen molar-refractivity contribution in [1.82, 2.24) is 19.4 Å². The Kier molecular flexibility index (Phi) is 7.57. The lowest BCUT2D eigenvalue weighted by Gasteiger charge is -2.46. The van der Waals surface area contributed by atoms with Gasteiger partial charge in [0.15, 0.2) is 11.6 Å². The maximum atomic E-state index is 17.3. The van der Waals surface area contributed by atoms with Gasteiger partial charge in [0.25, 0.3) is 0 Å². The van der Waals surface area contributed by atoms with E-state index in [-0.39, 0.29) is 74.9 Å². The van der Waals surface area contributed by atoms with Gasteiger partial charge in [-0.2, -0.15) is 4.98 Å². The van der Waals surface area contributed by atoms with Crippen molar-refractivity contribution in [2.75, 3.05) is 24.6 Å². The summed E-state index contributed by atoms with van der Waals surface area (Å²) in [5.74, 6) is -0.871. The van der Waals surface area contributed by atoms with Gasteiger partial charge in [-0.05, 0) is 43.5 Å². The normalized spacial score (nSPS) is 18.1. The highest BCUT2D eigenvalue weighted by molar-refractivity contribution is 6.36. The van der Waals surface area contributed by atoms with E-state index in [9.17, 15) is 14.7 Å². The summed E-state index contributed by atoms with van der Waals surface area (Å²) in [4.78, 5) is 39.7. The summed E-state index contributed by atoms with van der Waals surface area (Å²) in [6.45, 7) is 12.2. The molecule has 6 rings (SSSR count). The van der Waals surface area contributed by atoms with E-state index in [0.29, 0.717) is 36.5 Å². The van der Waals surface area contributed by atoms with Gasteiger partial charge in [-0.1, -0.05) is 50.2 Å². The molecule has 2 atom stereocenters. The third-order valence-electron chi connectivity index (χ3n) is 8.52. The van der Waals surface area contributed by atoms with Crippen LogP contribution in [0, 0.1) is 12.7 Å². The molecular formula is C33H33ClFN5O4. The van der Waals surface area contributed by atoms with Gasteiger partial charge in [0.1, 0.15) is 17.1 Å². The molecular weight excluding hydrogens is 585 g/mol. The molecule has 0 saturated carbocycles. The third-order valence-corrected chi connectivity index (χ3v) is 8.88. The fraction of sp³-hybridized carbons (Fsp3) is 0.333. The Labute approximate surface area is 259 Å². The lowest BCUT2D eigenvalue weighted by Crippen LogP contribution is -2.60. The predicted molar refractivity (Wildman–Crippen MR) is 169 cm³/mol. The molecule has 9 nitrogen and oxygen atoms in total. The van der Waals surface area contributed by atoms with Crippen LogP contribution in [0.4, 0.5) is 10.2 Å². The van der Waals surface area contributed by atoms with E-state index in [1.54, 1.807) is 35.4 Å². The first-order chi connectivity index (χ1) is 21.0. The van der Waals surface area contributed by atoms with Crippen molar-refractivity contribution in [2.45, 2.75) is 52.1 Å². The number of piperazine rings is 1. The summed E-state index contributed by atoms with van der Waals surface area (Å²) in [6.07, 6.45) is 3.43. The second kappa shape index (κ2) is 11.2. The van der Waals surface area contributed by atoms with Crippen molar-refractivity contribution < 1.29 is 19.0 Å². The summed E-state index contributed by atoms with van der Waals surface area (Å²) in [6, 6.07) is 7.57. The molecule has 0 bridgehead atoms. The number of benzene rings is 2. The molecule has 0 aliphatic carbocycles. The van der Waals surface area contributed by atoms with E-state index in [0.717, 1.165) is 0 Å². The minimum Gasteiger partial charge on any atom is -0.507 e. The van der Waals surface area contributed by atoms with Gasteiger partial charge in [-0.25, -0.2) is 9.18 Å². The quantitative estimate of drug-likeness (QED) is 0.291. The van der Waals surface area contributed by atoms with Crippen LogP contribution in [-0.2, 0) is 4.79 Å². The molecule has 4 heterocycles. The average molecular weight is 618 g/mol. The lowest BCUT2D eigenvalue weighted by atomic mass is 9.97. The maximum Gasteiger partial charge on any atom is 0.354 e. The van der Waals surface area contributed by atoms with Crippen molar-refractivity contribution in [3.8, 4) is 28.3 Å². The van der Waals surface area contributed by atoms with E-state index in [1.165, 1.54) is 16.7 Å². The zero-order valence-electron chi connectivity index (χ0n) is 25.0. The molecule has 1 fully saturated rings. The van der Waals surface area contributed by atoms with Gasteiger partial charge in [0.05, 0.1) is 34.4 Å². The number of nitrogens with zero attached hydrogens (tertiary/aromatic N) is 5. The fourth-order valence-electron chi connectivity index (χ4n) is 6.39. The topological polar surface area (TPSA) is 101 Å². The first kappa shape index (κ1) is 29.6. The number of halogens is 2. The number of aromatic hydroxyl groups is 1. The van der Waals surface area contributed by atoms with E-state index in [2.05, 4.69) is 16.5 Å². The molecule has 4 aromatic rings. The van der Waals surface area contributed by atoms with Crippen LogP contribution in [0.3, 0.4) is 0 Å². The first-order valence-electron chi connectivity index (χ1n) is 14.6. The van der Waals surface area contributed by atoms with Crippen molar-refractivity contribution in [2.24, 2.45) is 0 Å². The molecule has 2 unspecified atom stereocenters. The zero-order valence-corrected chi connectivity index (χ0v) is 25.7. The summed E-state index contributed by atoms with van der Waals surface area (Å²) in [5, 5.41) is 11.0. The van der Waals surface area contributed by atoms with Crippen LogP contribution in [0.15, 0.2) is 54.0 Å². The molecule has 2 aliphatic rings. The summed E-state index contributed by atoms with van der Waals surface area (Å²) < 4.78 is 24.9.